The van der Waals surface area contributed by atoms with E-state index in [2.05, 4.69) is 4.99 Å². The number of alkyl halides is 3. The first-order chi connectivity index (χ1) is 12.9. The Labute approximate surface area is 164 Å². The minimum absolute atomic E-state index is 0.177. The standard InChI is InChI=1S/C20H22F4N2OS/c1-11-16(19(2,3)4)28-18(26(11)10-12-5-6-12)25-17(27)14-8-7-13(21)9-15(14)20(22,23)24/h7-9,12H,5-6,10H2,1-4H3/b25-18-. The highest BCUT2D eigenvalue weighted by molar-refractivity contribution is 7.09. The normalized spacial score (nSPS) is 15.9. The summed E-state index contributed by atoms with van der Waals surface area (Å²) in [5.41, 5.74) is -1.15. The Kier molecular flexibility index (Phi) is 5.29. The molecule has 0 spiro atoms. The molecule has 1 saturated carbocycles. The molecule has 0 unspecified atom stereocenters. The molecule has 1 aliphatic rings. The van der Waals surface area contributed by atoms with E-state index in [4.69, 9.17) is 0 Å². The van der Waals surface area contributed by atoms with Gasteiger partial charge in [0, 0.05) is 17.1 Å². The minimum Gasteiger partial charge on any atom is -0.320 e. The van der Waals surface area contributed by atoms with Gasteiger partial charge in [0.25, 0.3) is 5.91 Å². The van der Waals surface area contributed by atoms with Crippen LogP contribution in [-0.2, 0) is 18.1 Å². The van der Waals surface area contributed by atoms with Crippen molar-refractivity contribution in [3.8, 4) is 0 Å². The van der Waals surface area contributed by atoms with Gasteiger partial charge in [-0.25, -0.2) is 4.39 Å². The van der Waals surface area contributed by atoms with Gasteiger partial charge in [0.05, 0.1) is 11.1 Å². The van der Waals surface area contributed by atoms with Gasteiger partial charge in [0.2, 0.25) is 0 Å². The molecule has 0 aliphatic heterocycles. The molecular weight excluding hydrogens is 392 g/mol. The fourth-order valence-electron chi connectivity index (χ4n) is 3.12. The molecule has 0 bridgehead atoms. The Hall–Kier alpha value is -1.96. The second kappa shape index (κ2) is 7.13. The van der Waals surface area contributed by atoms with Gasteiger partial charge in [-0.05, 0) is 49.3 Å². The first-order valence-corrected chi connectivity index (χ1v) is 9.86. The maximum absolute atomic E-state index is 13.3. The summed E-state index contributed by atoms with van der Waals surface area (Å²) in [5.74, 6) is -1.56. The van der Waals surface area contributed by atoms with E-state index in [-0.39, 0.29) is 5.41 Å². The van der Waals surface area contributed by atoms with Gasteiger partial charge < -0.3 is 4.57 Å². The molecule has 2 aromatic rings. The van der Waals surface area contributed by atoms with Gasteiger partial charge in [-0.3, -0.25) is 4.79 Å². The van der Waals surface area contributed by atoms with Crippen LogP contribution in [0.2, 0.25) is 0 Å². The average Bonchev–Trinajstić information content (AvgIpc) is 3.32. The van der Waals surface area contributed by atoms with Gasteiger partial charge in [-0.2, -0.15) is 18.2 Å². The molecule has 1 heterocycles. The van der Waals surface area contributed by atoms with Crippen LogP contribution in [0.5, 0.6) is 0 Å². The molecule has 1 amide bonds. The molecule has 1 aliphatic carbocycles. The van der Waals surface area contributed by atoms with Crippen LogP contribution < -0.4 is 4.80 Å². The number of hydrogen-bond donors (Lipinski definition) is 0. The van der Waals surface area contributed by atoms with Crippen LogP contribution in [0.15, 0.2) is 23.2 Å². The fourth-order valence-corrected chi connectivity index (χ4v) is 4.32. The summed E-state index contributed by atoms with van der Waals surface area (Å²) < 4.78 is 55.0. The smallest absolute Gasteiger partial charge is 0.320 e. The maximum atomic E-state index is 13.3. The monoisotopic (exact) mass is 414 g/mol. The third-order valence-corrected chi connectivity index (χ3v) is 6.30. The summed E-state index contributed by atoms with van der Waals surface area (Å²) in [5, 5.41) is 0. The molecule has 1 aromatic heterocycles. The number of nitrogens with zero attached hydrogens (tertiary/aromatic N) is 2. The van der Waals surface area contributed by atoms with Crippen LogP contribution in [0.25, 0.3) is 0 Å². The van der Waals surface area contributed by atoms with Crippen LogP contribution in [-0.4, -0.2) is 10.5 Å². The molecule has 28 heavy (non-hydrogen) atoms. The number of benzene rings is 1. The molecule has 1 aromatic carbocycles. The van der Waals surface area contributed by atoms with E-state index in [0.717, 1.165) is 35.5 Å². The number of amides is 1. The molecule has 0 radical (unpaired) electrons. The lowest BCUT2D eigenvalue weighted by molar-refractivity contribution is -0.138. The maximum Gasteiger partial charge on any atom is 0.417 e. The number of carbonyl (C=O) groups excluding carboxylic acids is 1. The molecule has 3 rings (SSSR count). The van der Waals surface area contributed by atoms with Crippen molar-refractivity contribution in [3.63, 3.8) is 0 Å². The van der Waals surface area contributed by atoms with Gasteiger partial charge in [0.15, 0.2) is 4.80 Å². The van der Waals surface area contributed by atoms with Crippen molar-refractivity contribution in [2.45, 2.75) is 58.7 Å². The summed E-state index contributed by atoms with van der Waals surface area (Å²) >= 11 is 1.32. The van der Waals surface area contributed by atoms with E-state index < -0.39 is 29.0 Å². The molecule has 0 N–H and O–H groups in total. The summed E-state index contributed by atoms with van der Waals surface area (Å²) in [6, 6.07) is 2.03. The topological polar surface area (TPSA) is 34.4 Å². The van der Waals surface area contributed by atoms with Crippen molar-refractivity contribution in [2.75, 3.05) is 0 Å². The van der Waals surface area contributed by atoms with Gasteiger partial charge in [-0.15, -0.1) is 11.3 Å². The van der Waals surface area contributed by atoms with Crippen LogP contribution in [0.3, 0.4) is 0 Å². The van der Waals surface area contributed by atoms with Gasteiger partial charge in [0.1, 0.15) is 5.82 Å². The number of rotatable bonds is 3. The molecule has 0 atom stereocenters. The summed E-state index contributed by atoms with van der Waals surface area (Å²) in [7, 11) is 0. The van der Waals surface area contributed by atoms with Crippen molar-refractivity contribution in [1.82, 2.24) is 4.57 Å². The molecular formula is C20H22F4N2OS. The second-order valence-electron chi connectivity index (χ2n) is 8.21. The predicted molar refractivity (Wildman–Crippen MR) is 99.8 cm³/mol. The van der Waals surface area contributed by atoms with Crippen LogP contribution >= 0.6 is 11.3 Å². The lowest BCUT2D eigenvalue weighted by Crippen LogP contribution is -2.21. The lowest BCUT2D eigenvalue weighted by Gasteiger charge is -2.17. The van der Waals surface area contributed by atoms with E-state index in [1.807, 2.05) is 32.3 Å². The van der Waals surface area contributed by atoms with E-state index in [1.54, 1.807) is 0 Å². The fraction of sp³-hybridized carbons (Fsp3) is 0.500. The van der Waals surface area contributed by atoms with Crippen molar-refractivity contribution in [3.05, 3.63) is 50.5 Å². The lowest BCUT2D eigenvalue weighted by atomic mass is 9.93. The second-order valence-corrected chi connectivity index (χ2v) is 9.19. The summed E-state index contributed by atoms with van der Waals surface area (Å²) in [6.45, 7) is 8.77. The van der Waals surface area contributed by atoms with Crippen molar-refractivity contribution in [2.24, 2.45) is 10.9 Å². The first-order valence-electron chi connectivity index (χ1n) is 9.04. The van der Waals surface area contributed by atoms with Crippen molar-refractivity contribution in [1.29, 1.82) is 0 Å². The molecule has 0 saturated heterocycles. The highest BCUT2D eigenvalue weighted by Gasteiger charge is 2.36. The van der Waals surface area contributed by atoms with Gasteiger partial charge >= 0.3 is 6.18 Å². The van der Waals surface area contributed by atoms with Crippen molar-refractivity contribution < 1.29 is 22.4 Å². The van der Waals surface area contributed by atoms with Crippen LogP contribution in [0.4, 0.5) is 17.6 Å². The zero-order valence-electron chi connectivity index (χ0n) is 16.2. The molecule has 8 heteroatoms. The first kappa shape index (κ1) is 20.8. The minimum atomic E-state index is -4.84. The van der Waals surface area contributed by atoms with Crippen LogP contribution in [0, 0.1) is 18.7 Å². The predicted octanol–water partition coefficient (Wildman–Crippen LogP) is 5.46. The molecule has 3 nitrogen and oxygen atoms in total. The van der Waals surface area contributed by atoms with E-state index >= 15 is 0 Å². The zero-order chi connectivity index (χ0) is 20.9. The third-order valence-electron chi connectivity index (χ3n) is 4.69. The molecule has 1 fully saturated rings. The number of hydrogen-bond acceptors (Lipinski definition) is 2. The summed E-state index contributed by atoms with van der Waals surface area (Å²) in [6.07, 6.45) is -2.65. The Morgan fingerprint density at radius 3 is 2.43 bits per heavy atom. The number of aromatic nitrogens is 1. The third kappa shape index (κ3) is 4.37. The SMILES string of the molecule is Cc1c(C(C)(C)C)s/c(=N\C(=O)c2ccc(F)cc2C(F)(F)F)n1CC1CC1. The number of thiazole rings is 1. The van der Waals surface area contributed by atoms with Crippen LogP contribution in [0.1, 0.15) is 60.1 Å². The molecule has 152 valence electrons. The van der Waals surface area contributed by atoms with E-state index in [0.29, 0.717) is 23.3 Å². The highest BCUT2D eigenvalue weighted by atomic mass is 32.1. The largest absolute Gasteiger partial charge is 0.417 e. The Morgan fingerprint density at radius 2 is 1.89 bits per heavy atom. The Bertz CT molecular complexity index is 976. The highest BCUT2D eigenvalue weighted by Crippen LogP contribution is 2.34. The summed E-state index contributed by atoms with van der Waals surface area (Å²) in [4.78, 5) is 18.1. The Morgan fingerprint density at radius 1 is 1.25 bits per heavy atom. The van der Waals surface area contributed by atoms with E-state index in [9.17, 15) is 22.4 Å². The number of halogens is 4. The average molecular weight is 414 g/mol. The van der Waals surface area contributed by atoms with Crippen molar-refractivity contribution >= 4 is 17.2 Å². The quantitative estimate of drug-likeness (QED) is 0.614. The Balaban J connectivity index is 2.12. The number of carbonyl (C=O) groups is 1. The van der Waals surface area contributed by atoms with E-state index in [1.165, 1.54) is 11.3 Å². The zero-order valence-corrected chi connectivity index (χ0v) is 17.0. The van der Waals surface area contributed by atoms with Gasteiger partial charge in [-0.1, -0.05) is 20.8 Å².